The number of hydrogen-bond donors (Lipinski definition) is 2. The SMILES string of the molecule is CC(=O)OC(C)CCc1ccc(CCC(C)OC(C)=O)c([NH+]([O-])O)c1. The Bertz CT molecular complexity index is 587. The fraction of sp³-hybridized carbons (Fsp3) is 0.556. The van der Waals surface area contributed by atoms with E-state index in [2.05, 4.69) is 0 Å². The zero-order chi connectivity index (χ0) is 19.0. The van der Waals surface area contributed by atoms with E-state index in [1.165, 1.54) is 13.8 Å². The Hall–Kier alpha value is -1.96. The molecule has 7 nitrogen and oxygen atoms in total. The maximum absolute atomic E-state index is 11.5. The summed E-state index contributed by atoms with van der Waals surface area (Å²) in [6, 6.07) is 5.35. The van der Waals surface area contributed by atoms with E-state index in [-0.39, 0.29) is 29.8 Å². The molecule has 0 aromatic heterocycles. The van der Waals surface area contributed by atoms with Crippen LogP contribution in [0.4, 0.5) is 5.69 Å². The lowest BCUT2D eigenvalue weighted by Crippen LogP contribution is -2.99. The second kappa shape index (κ2) is 10.1. The molecule has 0 aliphatic heterocycles. The number of quaternary nitrogens is 1. The Morgan fingerprint density at radius 2 is 1.60 bits per heavy atom. The van der Waals surface area contributed by atoms with E-state index in [0.29, 0.717) is 31.2 Å². The quantitative estimate of drug-likeness (QED) is 0.519. The molecule has 0 fully saturated rings. The van der Waals surface area contributed by atoms with Crippen molar-refractivity contribution in [2.24, 2.45) is 0 Å². The summed E-state index contributed by atoms with van der Waals surface area (Å²) in [7, 11) is 0. The molecule has 0 aliphatic rings. The third-order valence-corrected chi connectivity index (χ3v) is 3.80. The molecule has 0 aliphatic carbocycles. The first-order valence-corrected chi connectivity index (χ1v) is 8.38. The van der Waals surface area contributed by atoms with Gasteiger partial charge in [0, 0.05) is 25.5 Å². The fourth-order valence-electron chi connectivity index (χ4n) is 2.61. The van der Waals surface area contributed by atoms with Crippen molar-refractivity contribution in [3.05, 3.63) is 34.5 Å². The number of ether oxygens (including phenoxy) is 2. The lowest BCUT2D eigenvalue weighted by Gasteiger charge is -2.19. The first-order chi connectivity index (χ1) is 11.7. The minimum absolute atomic E-state index is 0.213. The molecule has 1 rings (SSSR count). The van der Waals surface area contributed by atoms with E-state index in [0.717, 1.165) is 5.56 Å². The summed E-state index contributed by atoms with van der Waals surface area (Å²) in [6.07, 6.45) is 1.85. The predicted octanol–water partition coefficient (Wildman–Crippen LogP) is 1.86. The summed E-state index contributed by atoms with van der Waals surface area (Å²) in [6.45, 7) is 6.31. The first-order valence-electron chi connectivity index (χ1n) is 8.38. The van der Waals surface area contributed by atoms with Gasteiger partial charge in [-0.3, -0.25) is 9.59 Å². The highest BCUT2D eigenvalue weighted by Crippen LogP contribution is 2.19. The highest BCUT2D eigenvalue weighted by molar-refractivity contribution is 5.66. The van der Waals surface area contributed by atoms with E-state index in [4.69, 9.17) is 9.47 Å². The number of esters is 2. The standard InChI is InChI=1S/C18H27NO6/c1-12(24-14(3)20)5-7-16-8-10-17(18(11-16)19(22)23)9-6-13(2)25-15(4)21/h8,10-13,19,22H,5-7,9H2,1-4H3. The van der Waals surface area contributed by atoms with Gasteiger partial charge < -0.3 is 14.7 Å². The molecule has 0 spiro atoms. The van der Waals surface area contributed by atoms with E-state index in [1.54, 1.807) is 19.1 Å². The molecule has 0 saturated carbocycles. The Kier molecular flexibility index (Phi) is 8.54. The molecule has 0 radical (unpaired) electrons. The van der Waals surface area contributed by atoms with Crippen molar-refractivity contribution >= 4 is 17.6 Å². The van der Waals surface area contributed by atoms with Crippen LogP contribution in [0, 0.1) is 5.21 Å². The molecule has 1 aromatic carbocycles. The van der Waals surface area contributed by atoms with Gasteiger partial charge in [0.2, 0.25) is 0 Å². The van der Waals surface area contributed by atoms with Crippen LogP contribution in [0.5, 0.6) is 0 Å². The van der Waals surface area contributed by atoms with Gasteiger partial charge in [-0.15, -0.1) is 0 Å². The van der Waals surface area contributed by atoms with Crippen molar-refractivity contribution in [3.63, 3.8) is 0 Å². The van der Waals surface area contributed by atoms with Crippen molar-refractivity contribution < 1.29 is 29.5 Å². The molecule has 0 amide bonds. The van der Waals surface area contributed by atoms with E-state index in [1.807, 2.05) is 13.0 Å². The molecule has 0 heterocycles. The maximum atomic E-state index is 11.5. The normalized spacial score (nSPS) is 14.5. The van der Waals surface area contributed by atoms with Gasteiger partial charge in [0.25, 0.3) is 0 Å². The van der Waals surface area contributed by atoms with E-state index < -0.39 is 5.23 Å². The van der Waals surface area contributed by atoms with Crippen LogP contribution >= 0.6 is 0 Å². The van der Waals surface area contributed by atoms with Crippen LogP contribution in [-0.4, -0.2) is 29.4 Å². The van der Waals surface area contributed by atoms with Gasteiger partial charge in [-0.2, -0.15) is 5.23 Å². The highest BCUT2D eigenvalue weighted by atomic mass is 16.8. The number of nitrogens with one attached hydrogen (secondary N) is 1. The summed E-state index contributed by atoms with van der Waals surface area (Å²) >= 11 is 0. The molecule has 25 heavy (non-hydrogen) atoms. The third kappa shape index (κ3) is 8.11. The minimum atomic E-state index is -0.981. The molecule has 1 aromatic rings. The molecule has 2 N–H and O–H groups in total. The van der Waals surface area contributed by atoms with Gasteiger partial charge in [0.05, 0.1) is 12.2 Å². The van der Waals surface area contributed by atoms with Crippen molar-refractivity contribution in [2.45, 2.75) is 65.6 Å². The van der Waals surface area contributed by atoms with Crippen LogP contribution in [-0.2, 0) is 31.9 Å². The number of aryl methyl sites for hydroxylation is 2. The number of rotatable bonds is 9. The van der Waals surface area contributed by atoms with Gasteiger partial charge in [-0.1, -0.05) is 12.1 Å². The molecule has 3 atom stereocenters. The minimum Gasteiger partial charge on any atom is -0.595 e. The second-order valence-corrected chi connectivity index (χ2v) is 6.21. The summed E-state index contributed by atoms with van der Waals surface area (Å²) in [4.78, 5) is 21.8. The van der Waals surface area contributed by atoms with Crippen molar-refractivity contribution in [1.82, 2.24) is 0 Å². The lowest BCUT2D eigenvalue weighted by atomic mass is 10.00. The Balaban J connectivity index is 2.72. The van der Waals surface area contributed by atoms with Gasteiger partial charge in [0.15, 0.2) is 5.69 Å². The zero-order valence-electron chi connectivity index (χ0n) is 15.2. The fourth-order valence-corrected chi connectivity index (χ4v) is 2.61. The molecular formula is C18H27NO6. The smallest absolute Gasteiger partial charge is 0.302 e. The van der Waals surface area contributed by atoms with Gasteiger partial charge in [-0.25, -0.2) is 5.21 Å². The van der Waals surface area contributed by atoms with Crippen LogP contribution < -0.4 is 5.23 Å². The van der Waals surface area contributed by atoms with Crippen LogP contribution in [0.1, 0.15) is 51.7 Å². The van der Waals surface area contributed by atoms with Crippen LogP contribution in [0.3, 0.4) is 0 Å². The highest BCUT2D eigenvalue weighted by Gasteiger charge is 2.14. The van der Waals surface area contributed by atoms with Crippen molar-refractivity contribution in [2.75, 3.05) is 0 Å². The number of carbonyl (C=O) groups excluding carboxylic acids is 2. The van der Waals surface area contributed by atoms with Crippen molar-refractivity contribution in [3.8, 4) is 0 Å². The summed E-state index contributed by atoms with van der Waals surface area (Å²) < 4.78 is 10.1. The van der Waals surface area contributed by atoms with Gasteiger partial charge in [-0.05, 0) is 45.1 Å². The average molecular weight is 353 g/mol. The van der Waals surface area contributed by atoms with Crippen LogP contribution in [0.25, 0.3) is 0 Å². The number of hydrogen-bond acceptors (Lipinski definition) is 6. The third-order valence-electron chi connectivity index (χ3n) is 3.80. The Labute approximate surface area is 148 Å². The maximum Gasteiger partial charge on any atom is 0.302 e. The summed E-state index contributed by atoms with van der Waals surface area (Å²) in [5.41, 5.74) is 1.85. The first kappa shape index (κ1) is 21.1. The lowest BCUT2D eigenvalue weighted by molar-refractivity contribution is -0.991. The molecule has 0 bridgehead atoms. The average Bonchev–Trinajstić information content (AvgIpc) is 2.49. The molecule has 0 saturated heterocycles. The monoisotopic (exact) mass is 353 g/mol. The van der Waals surface area contributed by atoms with E-state index >= 15 is 0 Å². The van der Waals surface area contributed by atoms with Crippen LogP contribution in [0.15, 0.2) is 18.2 Å². The summed E-state index contributed by atoms with van der Waals surface area (Å²) in [5.74, 6) is -0.667. The number of carbonyl (C=O) groups is 2. The zero-order valence-corrected chi connectivity index (χ0v) is 15.2. The van der Waals surface area contributed by atoms with Crippen LogP contribution in [0.2, 0.25) is 0 Å². The largest absolute Gasteiger partial charge is 0.595 e. The Morgan fingerprint density at radius 1 is 1.08 bits per heavy atom. The van der Waals surface area contributed by atoms with Gasteiger partial charge in [0.1, 0.15) is 0 Å². The molecular weight excluding hydrogens is 326 g/mol. The van der Waals surface area contributed by atoms with Gasteiger partial charge >= 0.3 is 11.9 Å². The molecule has 3 unspecified atom stereocenters. The second-order valence-electron chi connectivity index (χ2n) is 6.21. The predicted molar refractivity (Wildman–Crippen MR) is 91.3 cm³/mol. The Morgan fingerprint density at radius 3 is 2.08 bits per heavy atom. The summed E-state index contributed by atoms with van der Waals surface area (Å²) in [5, 5.41) is 20.0. The molecule has 140 valence electrons. The number of benzene rings is 1. The topological polar surface area (TPSA) is 100 Å². The van der Waals surface area contributed by atoms with E-state index in [9.17, 15) is 20.0 Å². The van der Waals surface area contributed by atoms with Crippen molar-refractivity contribution in [1.29, 1.82) is 0 Å². The molecule has 7 heteroatoms.